The van der Waals surface area contributed by atoms with E-state index < -0.39 is 152 Å². The van der Waals surface area contributed by atoms with E-state index in [-0.39, 0.29) is 36.1 Å². The van der Waals surface area contributed by atoms with Crippen LogP contribution >= 0.6 is 0 Å². The van der Waals surface area contributed by atoms with Crippen molar-refractivity contribution in [2.24, 2.45) is 0 Å². The molecule has 3 amide bonds. The fraction of sp³-hybridized carbons (Fsp3) is 0.456. The molecular formula is C57H72B46N4O9. The summed E-state index contributed by atoms with van der Waals surface area (Å²) in [6.45, 7) is 19.5. The first-order valence-electron chi connectivity index (χ1n) is 40.0. The number of hydrogen-bond acceptors (Lipinski definition) is 10. The van der Waals surface area contributed by atoms with Gasteiger partial charge in [-0.1, -0.05) is 24.3 Å². The number of carbonyl (C=O) groups excluding carboxylic acids is 3. The van der Waals surface area contributed by atoms with Gasteiger partial charge < -0.3 is 48.8 Å². The lowest BCUT2D eigenvalue weighted by atomic mass is 8.25. The highest BCUT2D eigenvalue weighted by Crippen LogP contribution is 2.47. The zero-order valence-corrected chi connectivity index (χ0v) is 69.0. The summed E-state index contributed by atoms with van der Waals surface area (Å²) in [5.74, 6) is 2.53. The van der Waals surface area contributed by atoms with Gasteiger partial charge in [-0.2, -0.15) is 0 Å². The molecule has 2 spiro atoms. The van der Waals surface area contributed by atoms with Crippen molar-refractivity contribution >= 4 is 355 Å². The summed E-state index contributed by atoms with van der Waals surface area (Å²) < 4.78 is 29.6. The first-order valence-corrected chi connectivity index (χ1v) is 40.0. The lowest BCUT2D eigenvalue weighted by Crippen LogP contribution is -2.94. The van der Waals surface area contributed by atoms with Crippen LogP contribution in [0.25, 0.3) is 11.1 Å². The molecule has 13 nitrogen and oxygen atoms in total. The van der Waals surface area contributed by atoms with Gasteiger partial charge in [0.25, 0.3) is 11.8 Å². The first-order chi connectivity index (χ1) is 54.5. The molecule has 2 saturated heterocycles. The summed E-state index contributed by atoms with van der Waals surface area (Å²) in [7, 11) is 154. The standard InChI is InChI=1S/C32H42N2O6.C25H30N2O3.B46/c1-7-33(8-2)29(35)24-12-10-23(11-13-24)27-21-32(39-28-15-14-25(20-26(27)28)38-22-37-6)16-9-18-34(19-17-32)30(36)40-31(3,4)5;1-3-27(4-2)24(29)19-8-6-18(7-9-19)22-17-25(12-5-14-26-15-13-25)30-23-11-10-20(28)16-21(22)23;1-25(2)37(26(3)4)43(38(27(5)6)28(7)8)46(44(39(29(9)10)30(11)12)40(31(13)14)32(15)16)45(41(33(17)18)34(19)20)42(35(21)22)36(23)24/h10-15,20-21H,7-9,16-19,22H2,1-6H3;6-11,16-17,26,28H,3-5,12-15H2,1-2H3;. The van der Waals surface area contributed by atoms with Crippen LogP contribution in [0, 0.1) is 0 Å². The van der Waals surface area contributed by atoms with E-state index in [1.807, 2.05) is 131 Å². The number of aromatic hydroxyl groups is 1. The summed E-state index contributed by atoms with van der Waals surface area (Å²) in [5, 5.41) is 13.5. The number of phenolic OH excluding ortho intramolecular Hbond substituents is 1. The number of ether oxygens (including phenoxy) is 5. The van der Waals surface area contributed by atoms with E-state index >= 15 is 0 Å². The number of phenols is 1. The van der Waals surface area contributed by atoms with Crippen molar-refractivity contribution in [1.82, 2.24) is 20.0 Å². The molecule has 8 rings (SSSR count). The van der Waals surface area contributed by atoms with Crippen LogP contribution in [0.5, 0.6) is 23.0 Å². The lowest BCUT2D eigenvalue weighted by molar-refractivity contribution is 0.0242. The quantitative estimate of drug-likeness (QED) is 0.0359. The number of benzene rings is 4. The van der Waals surface area contributed by atoms with Gasteiger partial charge in [0.05, 0.1) is 0 Å². The molecule has 4 aromatic rings. The Bertz CT molecular complexity index is 3600. The van der Waals surface area contributed by atoms with Gasteiger partial charge in [0.15, 0.2) is 6.79 Å². The van der Waals surface area contributed by atoms with E-state index in [0.717, 1.165) is 90.1 Å². The third kappa shape index (κ3) is 26.6. The van der Waals surface area contributed by atoms with Gasteiger partial charge in [-0.3, -0.25) is 9.59 Å². The van der Waals surface area contributed by atoms with Crippen LogP contribution in [0.4, 0.5) is 4.79 Å². The van der Waals surface area contributed by atoms with Gasteiger partial charge in [-0.25, -0.2) is 4.79 Å². The SMILES string of the molecule is CCN(CC)C(=O)c1ccc(C2=CC3(CCCN(C(=O)OC(C)(C)C)CC3)Oc3ccc(OCOC)cc32)cc1.CCN(CC)C(=O)c1ccc(C2=CC3(CCCNCC3)Oc3ccc(O)cc32)cc1.[B]B([B])B(B([B])[B])B(B(B([B])[B])B([B])[B])B(B(B(B([B])[B])B([B])[B])B(B([B])[B])B([B])[B])B(B(B([B])[B])B([B])[B])B(B([B])[B])B([B])[B]. The second kappa shape index (κ2) is 46.4. The molecule has 116 heavy (non-hydrogen) atoms. The molecule has 0 aromatic heterocycles. The predicted octanol–water partition coefficient (Wildman–Crippen LogP) is -7.17. The maximum atomic E-state index is 12.9. The highest BCUT2D eigenvalue weighted by molar-refractivity contribution is 8.34. The van der Waals surface area contributed by atoms with E-state index in [1.165, 1.54) is 0 Å². The molecule has 59 heteroatoms. The third-order valence-corrected chi connectivity index (χ3v) is 22.8. The average Bonchev–Trinajstić information content (AvgIpc) is 0.885. The van der Waals surface area contributed by atoms with E-state index in [4.69, 9.17) is 209 Å². The number of rotatable bonds is 32. The van der Waals surface area contributed by atoms with Crippen LogP contribution < -0.4 is 19.5 Å². The Kier molecular flexibility index (Phi) is 40.6. The fourth-order valence-corrected chi connectivity index (χ4v) is 17.4. The Hall–Kier alpha value is -3.32. The molecular weight excluding hydrogens is 1380 g/mol. The van der Waals surface area contributed by atoms with Crippen molar-refractivity contribution in [3.63, 3.8) is 0 Å². The molecule has 0 aliphatic carbocycles. The Morgan fingerprint density at radius 3 is 1.15 bits per heavy atom. The highest BCUT2D eigenvalue weighted by Gasteiger charge is 2.59. The van der Waals surface area contributed by atoms with E-state index in [1.54, 1.807) is 24.1 Å². The molecule has 2 atom stereocenters. The van der Waals surface area contributed by atoms with Crippen molar-refractivity contribution in [2.75, 3.05) is 66.3 Å². The van der Waals surface area contributed by atoms with Crippen LogP contribution in [-0.2, 0) is 9.47 Å². The van der Waals surface area contributed by atoms with Crippen LogP contribution in [-0.4, -0.2) is 447 Å². The number of methoxy groups -OCH3 is 1. The van der Waals surface area contributed by atoms with Crippen LogP contribution in [0.3, 0.4) is 0 Å². The summed E-state index contributed by atoms with van der Waals surface area (Å²) >= 11 is 0. The molecule has 0 saturated carbocycles. The van der Waals surface area contributed by atoms with Crippen molar-refractivity contribution in [1.29, 1.82) is 0 Å². The second-order valence-corrected chi connectivity index (χ2v) is 32.1. The Morgan fingerprint density at radius 1 is 0.448 bits per heavy atom. The van der Waals surface area contributed by atoms with Gasteiger partial charge in [-0.05, 0) is 182 Å². The number of nitrogens with one attached hydrogen (secondary N) is 1. The minimum absolute atomic E-state index is 0.0237. The largest absolute Gasteiger partial charge is 0.508 e. The molecule has 48 radical (unpaired) electrons. The molecule has 4 aliphatic rings. The van der Waals surface area contributed by atoms with Crippen molar-refractivity contribution in [3.8, 4) is 23.0 Å². The maximum absolute atomic E-state index is 12.9. The molecule has 4 aliphatic heterocycles. The lowest BCUT2D eigenvalue weighted by Gasteiger charge is -2.56. The summed E-state index contributed by atoms with van der Waals surface area (Å²) in [6, 6.07) is 26.7. The maximum Gasteiger partial charge on any atom is 0.410 e. The smallest absolute Gasteiger partial charge is 0.410 e. The van der Waals surface area contributed by atoms with Gasteiger partial charge >= 0.3 is 6.09 Å². The van der Waals surface area contributed by atoms with Gasteiger partial charge in [0, 0.05) is 408 Å². The zero-order chi connectivity index (χ0) is 86.8. The molecule has 512 valence electrons. The summed E-state index contributed by atoms with van der Waals surface area (Å²) in [6.07, 6.45) is -18.0. The van der Waals surface area contributed by atoms with Crippen LogP contribution in [0.15, 0.2) is 97.1 Å². The first kappa shape index (κ1) is 101. The Labute approximate surface area is 736 Å². The van der Waals surface area contributed by atoms with Gasteiger partial charge in [0.1, 0.15) is 39.8 Å². The number of likely N-dealkylation sites (tertiary alicyclic amines) is 1. The molecule has 2 N–H and O–H groups in total. The number of fused-ring (bicyclic) bond motifs is 2. The van der Waals surface area contributed by atoms with E-state index in [0.29, 0.717) is 62.6 Å². The Morgan fingerprint density at radius 2 is 0.793 bits per heavy atom. The molecule has 0 bridgehead atoms. The topological polar surface area (TPSA) is 139 Å². The minimum atomic E-state index is -1.30. The highest BCUT2D eigenvalue weighted by atomic mass is 16.7. The van der Waals surface area contributed by atoms with Gasteiger partial charge in [0.2, 0.25) is 0 Å². The predicted molar refractivity (Wildman–Crippen MR) is 538 cm³/mol. The third-order valence-electron chi connectivity index (χ3n) is 22.8. The summed E-state index contributed by atoms with van der Waals surface area (Å²) in [4.78, 5) is 43.8. The normalized spacial score (nSPS) is 15.6. The second-order valence-electron chi connectivity index (χ2n) is 32.1. The average molecular weight is 1450 g/mol. The zero-order valence-electron chi connectivity index (χ0n) is 69.0. The number of amides is 3. The number of hydrogen-bond donors (Lipinski definition) is 2. The van der Waals surface area contributed by atoms with Crippen LogP contribution in [0.2, 0.25) is 0 Å². The molecule has 4 heterocycles. The molecule has 2 unspecified atom stereocenters. The van der Waals surface area contributed by atoms with Crippen LogP contribution in [0.1, 0.15) is 130 Å². The van der Waals surface area contributed by atoms with E-state index in [2.05, 4.69) is 17.5 Å². The Balaban J connectivity index is 0.000000275. The van der Waals surface area contributed by atoms with Crippen molar-refractivity contribution < 1.29 is 43.2 Å². The molecule has 2 fully saturated rings. The van der Waals surface area contributed by atoms with E-state index in [9.17, 15) is 19.5 Å². The monoisotopic (exact) mass is 1460 g/mol. The fourth-order valence-electron chi connectivity index (χ4n) is 17.4. The van der Waals surface area contributed by atoms with Crippen molar-refractivity contribution in [3.05, 3.63) is 130 Å². The van der Waals surface area contributed by atoms with Crippen molar-refractivity contribution in [2.45, 2.75) is 104 Å². The number of nitrogens with zero attached hydrogens (tertiary/aromatic N) is 3. The van der Waals surface area contributed by atoms with Gasteiger partial charge in [-0.15, -0.1) is 0 Å². The summed E-state index contributed by atoms with van der Waals surface area (Å²) in [5.41, 5.74) is 5.76. The minimum Gasteiger partial charge on any atom is -0.508 e. The molecule has 4 aromatic carbocycles. The number of carbonyl (C=O) groups is 3.